The van der Waals surface area contributed by atoms with E-state index in [0.717, 1.165) is 28.9 Å². The summed E-state index contributed by atoms with van der Waals surface area (Å²) in [6, 6.07) is 19.8. The lowest BCUT2D eigenvalue weighted by Crippen LogP contribution is -2.17. The lowest BCUT2D eigenvalue weighted by Gasteiger charge is -2.14. The van der Waals surface area contributed by atoms with Crippen LogP contribution < -0.4 is 11.1 Å². The smallest absolute Gasteiger partial charge is 0.0991 e. The molecule has 0 amide bonds. The Balaban J connectivity index is 2.15. The van der Waals surface area contributed by atoms with Crippen LogP contribution in [0.4, 0.5) is 0 Å². The number of nitriles is 1. The van der Waals surface area contributed by atoms with E-state index in [2.05, 4.69) is 11.4 Å². The molecule has 3 heteroatoms. The maximum atomic E-state index is 8.81. The average molecular weight is 277 g/mol. The Morgan fingerprint density at radius 1 is 1.10 bits per heavy atom. The van der Waals surface area contributed by atoms with Crippen molar-refractivity contribution in [3.8, 4) is 6.07 Å². The second-order valence-electron chi connectivity index (χ2n) is 4.78. The molecule has 0 aliphatic rings. The number of allylic oxidation sites excluding steroid dienone is 1. The quantitative estimate of drug-likeness (QED) is 0.880. The average Bonchev–Trinajstić information content (AvgIpc) is 2.56. The summed E-state index contributed by atoms with van der Waals surface area (Å²) >= 11 is 0. The number of nitrogens with zero attached hydrogens (tertiary/aromatic N) is 1. The van der Waals surface area contributed by atoms with Crippen molar-refractivity contribution in [2.24, 2.45) is 5.73 Å². The highest BCUT2D eigenvalue weighted by molar-refractivity contribution is 5.66. The van der Waals surface area contributed by atoms with Crippen molar-refractivity contribution in [3.05, 3.63) is 77.0 Å². The lowest BCUT2D eigenvalue weighted by molar-refractivity contribution is 0.869. The molecule has 3 nitrogen and oxygen atoms in total. The van der Waals surface area contributed by atoms with Crippen molar-refractivity contribution >= 4 is 5.70 Å². The highest BCUT2D eigenvalue weighted by Gasteiger charge is 2.05. The van der Waals surface area contributed by atoms with Crippen LogP contribution in [0.5, 0.6) is 0 Å². The van der Waals surface area contributed by atoms with Gasteiger partial charge in [0.1, 0.15) is 0 Å². The fraction of sp³-hybridized carbons (Fsp3) is 0.167. The van der Waals surface area contributed by atoms with Crippen molar-refractivity contribution in [1.82, 2.24) is 5.32 Å². The summed E-state index contributed by atoms with van der Waals surface area (Å²) < 4.78 is 0. The van der Waals surface area contributed by atoms with Gasteiger partial charge in [-0.25, -0.2) is 0 Å². The molecule has 21 heavy (non-hydrogen) atoms. The third-order valence-corrected chi connectivity index (χ3v) is 3.32. The molecular formula is C18H19N3. The normalized spacial score (nSPS) is 11.4. The Kier molecular flexibility index (Phi) is 5.00. The molecule has 0 bridgehead atoms. The Labute approximate surface area is 125 Å². The van der Waals surface area contributed by atoms with Crippen LogP contribution in [0, 0.1) is 11.3 Å². The summed E-state index contributed by atoms with van der Waals surface area (Å²) in [6.07, 6.45) is 0.796. The van der Waals surface area contributed by atoms with E-state index in [1.807, 2.05) is 61.5 Å². The summed E-state index contributed by atoms with van der Waals surface area (Å²) in [6.45, 7) is 2.72. The lowest BCUT2D eigenvalue weighted by atomic mass is 10.1. The molecule has 0 saturated carbocycles. The monoisotopic (exact) mass is 277 g/mol. The standard InChI is InChI=1S/C18H19N3/c1-2-17(20)18(16-6-4-3-5-7-16)21-13-15-10-8-14(12-19)9-11-15/h3-11,21H,2,13,20H2,1H3/b18-17-. The molecule has 3 N–H and O–H groups in total. The molecule has 0 fully saturated rings. The molecule has 0 radical (unpaired) electrons. The van der Waals surface area contributed by atoms with Gasteiger partial charge in [-0.3, -0.25) is 0 Å². The number of hydrogen-bond donors (Lipinski definition) is 2. The summed E-state index contributed by atoms with van der Waals surface area (Å²) in [5, 5.41) is 12.2. The van der Waals surface area contributed by atoms with Crippen LogP contribution in [-0.2, 0) is 6.54 Å². The number of nitrogens with one attached hydrogen (secondary N) is 1. The molecule has 0 saturated heterocycles. The molecule has 2 aromatic carbocycles. The Hall–Kier alpha value is -2.73. The summed E-state index contributed by atoms with van der Waals surface area (Å²) in [5.74, 6) is 0. The zero-order valence-corrected chi connectivity index (χ0v) is 12.1. The molecule has 2 rings (SSSR count). The third-order valence-electron chi connectivity index (χ3n) is 3.32. The summed E-state index contributed by atoms with van der Waals surface area (Å²) in [4.78, 5) is 0. The van der Waals surface area contributed by atoms with E-state index in [4.69, 9.17) is 11.0 Å². The molecule has 0 unspecified atom stereocenters. The molecule has 0 spiro atoms. The molecule has 0 aliphatic carbocycles. The van der Waals surface area contributed by atoms with E-state index in [1.54, 1.807) is 0 Å². The van der Waals surface area contributed by atoms with Crippen LogP contribution in [0.25, 0.3) is 5.70 Å². The minimum absolute atomic E-state index is 0.672. The number of hydrogen-bond acceptors (Lipinski definition) is 3. The van der Waals surface area contributed by atoms with Crippen LogP contribution >= 0.6 is 0 Å². The maximum Gasteiger partial charge on any atom is 0.0991 e. The van der Waals surface area contributed by atoms with E-state index in [1.165, 1.54) is 0 Å². The summed E-state index contributed by atoms with van der Waals surface area (Å²) in [5.41, 5.74) is 10.8. The number of benzene rings is 2. The predicted molar refractivity (Wildman–Crippen MR) is 85.8 cm³/mol. The molecule has 2 aromatic rings. The molecule has 0 aromatic heterocycles. The first kappa shape index (κ1) is 14.7. The first-order chi connectivity index (χ1) is 10.2. The van der Waals surface area contributed by atoms with Gasteiger partial charge in [0.15, 0.2) is 0 Å². The van der Waals surface area contributed by atoms with Gasteiger partial charge >= 0.3 is 0 Å². The Bertz CT molecular complexity index is 649. The highest BCUT2D eigenvalue weighted by Crippen LogP contribution is 2.16. The van der Waals surface area contributed by atoms with Crippen molar-refractivity contribution in [2.75, 3.05) is 0 Å². The zero-order valence-electron chi connectivity index (χ0n) is 12.1. The minimum Gasteiger partial charge on any atom is -0.400 e. The van der Waals surface area contributed by atoms with Gasteiger partial charge in [0, 0.05) is 12.2 Å². The largest absolute Gasteiger partial charge is 0.400 e. The van der Waals surface area contributed by atoms with Crippen molar-refractivity contribution in [2.45, 2.75) is 19.9 Å². The van der Waals surface area contributed by atoms with Crippen LogP contribution in [-0.4, -0.2) is 0 Å². The van der Waals surface area contributed by atoms with Gasteiger partial charge in [-0.15, -0.1) is 0 Å². The third kappa shape index (κ3) is 3.87. The molecule has 106 valence electrons. The van der Waals surface area contributed by atoms with Crippen molar-refractivity contribution in [3.63, 3.8) is 0 Å². The predicted octanol–water partition coefficient (Wildman–Crippen LogP) is 3.39. The fourth-order valence-electron chi connectivity index (χ4n) is 2.07. The van der Waals surface area contributed by atoms with Crippen LogP contribution in [0.2, 0.25) is 0 Å². The number of rotatable bonds is 5. The van der Waals surface area contributed by atoms with Gasteiger partial charge in [-0.2, -0.15) is 5.26 Å². The topological polar surface area (TPSA) is 61.8 Å². The second kappa shape index (κ2) is 7.16. The molecular weight excluding hydrogens is 258 g/mol. The van der Waals surface area contributed by atoms with E-state index in [0.29, 0.717) is 12.1 Å². The van der Waals surface area contributed by atoms with Gasteiger partial charge in [-0.1, -0.05) is 49.4 Å². The van der Waals surface area contributed by atoms with Gasteiger partial charge < -0.3 is 11.1 Å². The van der Waals surface area contributed by atoms with Crippen LogP contribution in [0.1, 0.15) is 30.0 Å². The number of nitrogens with two attached hydrogens (primary N) is 1. The SMILES string of the molecule is CC/C(N)=C(/NCc1ccc(C#N)cc1)c1ccccc1. The van der Waals surface area contributed by atoms with Crippen LogP contribution in [0.3, 0.4) is 0 Å². The van der Waals surface area contributed by atoms with Crippen molar-refractivity contribution in [1.29, 1.82) is 5.26 Å². The fourth-order valence-corrected chi connectivity index (χ4v) is 2.07. The van der Waals surface area contributed by atoms with Gasteiger partial charge in [0.2, 0.25) is 0 Å². The zero-order chi connectivity index (χ0) is 15.1. The minimum atomic E-state index is 0.672. The molecule has 0 heterocycles. The van der Waals surface area contributed by atoms with E-state index >= 15 is 0 Å². The van der Waals surface area contributed by atoms with Crippen LogP contribution in [0.15, 0.2) is 60.3 Å². The Morgan fingerprint density at radius 3 is 2.33 bits per heavy atom. The van der Waals surface area contributed by atoms with Gasteiger partial charge in [0.05, 0.1) is 17.3 Å². The van der Waals surface area contributed by atoms with Gasteiger partial charge in [-0.05, 0) is 29.7 Å². The summed E-state index contributed by atoms with van der Waals surface area (Å²) in [7, 11) is 0. The second-order valence-corrected chi connectivity index (χ2v) is 4.78. The van der Waals surface area contributed by atoms with Crippen molar-refractivity contribution < 1.29 is 0 Å². The van der Waals surface area contributed by atoms with E-state index < -0.39 is 0 Å². The van der Waals surface area contributed by atoms with E-state index in [9.17, 15) is 0 Å². The van der Waals surface area contributed by atoms with E-state index in [-0.39, 0.29) is 0 Å². The maximum absolute atomic E-state index is 8.81. The highest BCUT2D eigenvalue weighted by atomic mass is 14.9. The first-order valence-corrected chi connectivity index (χ1v) is 7.01. The Morgan fingerprint density at radius 2 is 1.76 bits per heavy atom. The molecule has 0 aliphatic heterocycles. The molecule has 0 atom stereocenters. The first-order valence-electron chi connectivity index (χ1n) is 7.01. The van der Waals surface area contributed by atoms with Gasteiger partial charge in [0.25, 0.3) is 0 Å².